The molecule has 0 atom stereocenters. The highest BCUT2D eigenvalue weighted by atomic mass is 79.9. The first kappa shape index (κ1) is 14.4. The molecule has 0 fully saturated rings. The van der Waals surface area contributed by atoms with E-state index in [1.165, 1.54) is 19.2 Å². The van der Waals surface area contributed by atoms with Crippen LogP contribution in [-0.4, -0.2) is 28.6 Å². The van der Waals surface area contributed by atoms with Crippen molar-refractivity contribution in [2.75, 3.05) is 20.2 Å². The van der Waals surface area contributed by atoms with Gasteiger partial charge in [-0.3, -0.25) is 0 Å². The van der Waals surface area contributed by atoms with E-state index in [0.717, 1.165) is 0 Å². The van der Waals surface area contributed by atoms with Crippen LogP contribution in [0.5, 0.6) is 5.75 Å². The first-order valence-electron chi connectivity index (χ1n) is 5.04. The van der Waals surface area contributed by atoms with Crippen LogP contribution in [0.4, 0.5) is 0 Å². The number of sulfonamides is 1. The van der Waals surface area contributed by atoms with Crippen LogP contribution in [0.15, 0.2) is 27.6 Å². The third-order valence-corrected chi connectivity index (χ3v) is 4.22. The van der Waals surface area contributed by atoms with Crippen LogP contribution in [-0.2, 0) is 10.0 Å². The molecule has 0 saturated carbocycles. The van der Waals surface area contributed by atoms with Gasteiger partial charge in [0.15, 0.2) is 0 Å². The Hall–Kier alpha value is -0.630. The minimum absolute atomic E-state index is 0.176. The van der Waals surface area contributed by atoms with Crippen LogP contribution >= 0.6 is 15.9 Å². The van der Waals surface area contributed by atoms with Crippen molar-refractivity contribution in [3.8, 4) is 5.75 Å². The zero-order chi connectivity index (χ0) is 12.9. The van der Waals surface area contributed by atoms with Gasteiger partial charge < -0.3 is 10.5 Å². The maximum absolute atomic E-state index is 11.9. The molecular formula is C10H15BrN2O3S. The van der Waals surface area contributed by atoms with Crippen molar-refractivity contribution in [2.24, 2.45) is 5.73 Å². The fourth-order valence-electron chi connectivity index (χ4n) is 1.20. The lowest BCUT2D eigenvalue weighted by molar-refractivity contribution is 0.410. The molecule has 3 N–H and O–H groups in total. The molecule has 0 heterocycles. The predicted molar refractivity (Wildman–Crippen MR) is 69.6 cm³/mol. The van der Waals surface area contributed by atoms with E-state index in [2.05, 4.69) is 20.7 Å². The lowest BCUT2D eigenvalue weighted by Gasteiger charge is -2.08. The lowest BCUT2D eigenvalue weighted by atomic mass is 10.3. The molecule has 1 aromatic rings. The van der Waals surface area contributed by atoms with Crippen molar-refractivity contribution in [1.82, 2.24) is 4.72 Å². The van der Waals surface area contributed by atoms with Crippen LogP contribution in [0.2, 0.25) is 0 Å². The second kappa shape index (κ2) is 6.34. The summed E-state index contributed by atoms with van der Waals surface area (Å²) >= 11 is 3.26. The molecular weight excluding hydrogens is 308 g/mol. The summed E-state index contributed by atoms with van der Waals surface area (Å²) in [4.78, 5) is 0.176. The van der Waals surface area contributed by atoms with Gasteiger partial charge in [0.1, 0.15) is 5.75 Å². The molecule has 5 nitrogen and oxygen atoms in total. The fraction of sp³-hybridized carbons (Fsp3) is 0.400. The van der Waals surface area contributed by atoms with Gasteiger partial charge in [0, 0.05) is 12.6 Å². The maximum Gasteiger partial charge on any atom is 0.240 e. The molecule has 1 aromatic carbocycles. The summed E-state index contributed by atoms with van der Waals surface area (Å²) in [5.74, 6) is 0.478. The highest BCUT2D eigenvalue weighted by Gasteiger charge is 2.15. The Balaban J connectivity index is 2.91. The van der Waals surface area contributed by atoms with Crippen molar-refractivity contribution in [3.63, 3.8) is 0 Å². The fourth-order valence-corrected chi connectivity index (χ4v) is 2.70. The molecule has 0 unspecified atom stereocenters. The molecule has 7 heteroatoms. The summed E-state index contributed by atoms with van der Waals surface area (Å²) in [6.07, 6.45) is 0.604. The second-order valence-electron chi connectivity index (χ2n) is 3.34. The zero-order valence-electron chi connectivity index (χ0n) is 9.44. The third kappa shape index (κ3) is 3.95. The minimum atomic E-state index is -3.49. The highest BCUT2D eigenvalue weighted by molar-refractivity contribution is 9.10. The van der Waals surface area contributed by atoms with E-state index in [0.29, 0.717) is 29.7 Å². The number of halogens is 1. The summed E-state index contributed by atoms with van der Waals surface area (Å²) in [5.41, 5.74) is 5.30. The van der Waals surface area contributed by atoms with Crippen LogP contribution in [0.1, 0.15) is 6.42 Å². The van der Waals surface area contributed by atoms with E-state index < -0.39 is 10.0 Å². The van der Waals surface area contributed by atoms with E-state index in [9.17, 15) is 8.42 Å². The topological polar surface area (TPSA) is 81.4 Å². The first-order chi connectivity index (χ1) is 8.01. The minimum Gasteiger partial charge on any atom is -0.496 e. The number of nitrogens with two attached hydrogens (primary N) is 1. The molecule has 17 heavy (non-hydrogen) atoms. The van der Waals surface area contributed by atoms with Crippen molar-refractivity contribution in [1.29, 1.82) is 0 Å². The Kier molecular flexibility index (Phi) is 5.38. The van der Waals surface area contributed by atoms with Gasteiger partial charge in [0.25, 0.3) is 0 Å². The molecule has 96 valence electrons. The molecule has 0 aromatic heterocycles. The number of benzene rings is 1. The van der Waals surface area contributed by atoms with Crippen LogP contribution < -0.4 is 15.2 Å². The summed E-state index contributed by atoms with van der Waals surface area (Å²) in [7, 11) is -2.00. The molecule has 0 aliphatic carbocycles. The smallest absolute Gasteiger partial charge is 0.240 e. The van der Waals surface area contributed by atoms with Gasteiger partial charge >= 0.3 is 0 Å². The molecule has 0 radical (unpaired) electrons. The van der Waals surface area contributed by atoms with Gasteiger partial charge in [-0.2, -0.15) is 0 Å². The van der Waals surface area contributed by atoms with Gasteiger partial charge in [-0.1, -0.05) is 0 Å². The number of nitrogens with one attached hydrogen (secondary N) is 1. The average Bonchev–Trinajstić information content (AvgIpc) is 2.29. The van der Waals surface area contributed by atoms with E-state index in [-0.39, 0.29) is 4.90 Å². The third-order valence-electron chi connectivity index (χ3n) is 2.11. The maximum atomic E-state index is 11.9. The Morgan fingerprint density at radius 2 is 2.18 bits per heavy atom. The van der Waals surface area contributed by atoms with Crippen molar-refractivity contribution >= 4 is 26.0 Å². The number of hydrogen-bond acceptors (Lipinski definition) is 4. The quantitative estimate of drug-likeness (QED) is 0.768. The van der Waals surface area contributed by atoms with E-state index in [4.69, 9.17) is 10.5 Å². The molecule has 0 amide bonds. The van der Waals surface area contributed by atoms with Gasteiger partial charge in [-0.05, 0) is 41.0 Å². The summed E-state index contributed by atoms with van der Waals surface area (Å²) in [5, 5.41) is 0. The van der Waals surface area contributed by atoms with Gasteiger partial charge in [0.2, 0.25) is 10.0 Å². The van der Waals surface area contributed by atoms with Gasteiger partial charge in [0.05, 0.1) is 16.5 Å². The Bertz CT molecular complexity index is 476. The second-order valence-corrected chi connectivity index (χ2v) is 5.96. The SMILES string of the molecule is COc1cc(S(=O)(=O)NCCCN)ccc1Br. The van der Waals surface area contributed by atoms with E-state index in [1.807, 2.05) is 0 Å². The number of hydrogen-bond donors (Lipinski definition) is 2. The molecule has 0 saturated heterocycles. The average molecular weight is 323 g/mol. The Morgan fingerprint density at radius 3 is 2.76 bits per heavy atom. The van der Waals surface area contributed by atoms with E-state index >= 15 is 0 Å². The van der Waals surface area contributed by atoms with Crippen LogP contribution in [0.3, 0.4) is 0 Å². The number of methoxy groups -OCH3 is 1. The molecule has 0 bridgehead atoms. The lowest BCUT2D eigenvalue weighted by Crippen LogP contribution is -2.26. The molecule has 1 rings (SSSR count). The Morgan fingerprint density at radius 1 is 1.47 bits per heavy atom. The largest absolute Gasteiger partial charge is 0.496 e. The first-order valence-corrected chi connectivity index (χ1v) is 7.32. The van der Waals surface area contributed by atoms with Crippen molar-refractivity contribution in [3.05, 3.63) is 22.7 Å². The van der Waals surface area contributed by atoms with Crippen molar-refractivity contribution < 1.29 is 13.2 Å². The number of ether oxygens (including phenoxy) is 1. The monoisotopic (exact) mass is 322 g/mol. The summed E-state index contributed by atoms with van der Waals surface area (Å²) < 4.78 is 32.0. The summed E-state index contributed by atoms with van der Waals surface area (Å²) in [6.45, 7) is 0.781. The van der Waals surface area contributed by atoms with Gasteiger partial charge in [-0.25, -0.2) is 13.1 Å². The summed E-state index contributed by atoms with van der Waals surface area (Å²) in [6, 6.07) is 4.61. The predicted octanol–water partition coefficient (Wildman–Crippen LogP) is 1.08. The molecule has 0 spiro atoms. The standard InChI is InChI=1S/C10H15BrN2O3S/c1-16-10-7-8(3-4-9(10)11)17(14,15)13-6-2-5-12/h3-4,7,13H,2,5-6,12H2,1H3. The van der Waals surface area contributed by atoms with Crippen LogP contribution in [0, 0.1) is 0 Å². The normalized spacial score (nSPS) is 11.5. The Labute approximate surface area is 110 Å². The zero-order valence-corrected chi connectivity index (χ0v) is 11.8. The van der Waals surface area contributed by atoms with Crippen LogP contribution in [0.25, 0.3) is 0 Å². The van der Waals surface area contributed by atoms with E-state index in [1.54, 1.807) is 6.07 Å². The highest BCUT2D eigenvalue weighted by Crippen LogP contribution is 2.27. The molecule has 0 aliphatic heterocycles. The number of rotatable bonds is 6. The molecule has 0 aliphatic rings. The van der Waals surface area contributed by atoms with Crippen molar-refractivity contribution in [2.45, 2.75) is 11.3 Å². The van der Waals surface area contributed by atoms with Gasteiger partial charge in [-0.15, -0.1) is 0 Å².